The molecular weight excluding hydrogens is 269 g/mol. The molecule has 0 aliphatic carbocycles. The van der Waals surface area contributed by atoms with Crippen LogP contribution >= 0.6 is 0 Å². The van der Waals surface area contributed by atoms with Crippen molar-refractivity contribution in [2.45, 2.75) is 25.9 Å². The van der Waals surface area contributed by atoms with Crippen LogP contribution in [0, 0.1) is 5.92 Å². The highest BCUT2D eigenvalue weighted by Crippen LogP contribution is 2.30. The van der Waals surface area contributed by atoms with E-state index < -0.39 is 11.7 Å². The van der Waals surface area contributed by atoms with E-state index in [-0.39, 0.29) is 11.7 Å². The topological polar surface area (TPSA) is 32.3 Å². The molecule has 1 heterocycles. The molecule has 1 aromatic carbocycles. The van der Waals surface area contributed by atoms with Gasteiger partial charge in [-0.3, -0.25) is 0 Å². The predicted molar refractivity (Wildman–Crippen MR) is 70.4 cm³/mol. The molecule has 20 heavy (non-hydrogen) atoms. The smallest absolute Gasteiger partial charge is 0.324 e. The van der Waals surface area contributed by atoms with Gasteiger partial charge < -0.3 is 10.2 Å². The van der Waals surface area contributed by atoms with E-state index in [0.29, 0.717) is 19.0 Å². The predicted octanol–water partition coefficient (Wildman–Crippen LogP) is 3.97. The molecule has 1 aliphatic rings. The Labute approximate surface area is 115 Å². The lowest BCUT2D eigenvalue weighted by Gasteiger charge is -2.31. The van der Waals surface area contributed by atoms with Gasteiger partial charge in [-0.15, -0.1) is 0 Å². The van der Waals surface area contributed by atoms with Gasteiger partial charge in [-0.05, 0) is 37.0 Å². The number of likely N-dealkylation sites (tertiary alicyclic amines) is 1. The minimum atomic E-state index is -4.40. The first-order chi connectivity index (χ1) is 9.36. The van der Waals surface area contributed by atoms with Gasteiger partial charge in [-0.2, -0.15) is 13.2 Å². The highest BCUT2D eigenvalue weighted by Gasteiger charge is 2.30. The molecule has 1 N–H and O–H groups in total. The summed E-state index contributed by atoms with van der Waals surface area (Å²) in [6, 6.07) is 4.35. The standard InChI is InChI=1S/C14H17F3N2O/c1-10-4-3-7-19(9-10)13(20)18-12-6-2-5-11(8-12)14(15,16)17/h2,5-6,8,10H,3-4,7,9H2,1H3,(H,18,20)/t10-/m1/s1. The number of carbonyl (C=O) groups excluding carboxylic acids is 1. The Morgan fingerprint density at radius 2 is 2.15 bits per heavy atom. The number of piperidine rings is 1. The third-order valence-electron chi connectivity index (χ3n) is 3.39. The average Bonchev–Trinajstić information content (AvgIpc) is 2.38. The summed E-state index contributed by atoms with van der Waals surface area (Å²) in [4.78, 5) is 13.7. The van der Waals surface area contributed by atoms with Crippen LogP contribution < -0.4 is 5.32 Å². The van der Waals surface area contributed by atoms with Crippen molar-refractivity contribution in [2.24, 2.45) is 5.92 Å². The lowest BCUT2D eigenvalue weighted by molar-refractivity contribution is -0.137. The van der Waals surface area contributed by atoms with E-state index >= 15 is 0 Å². The molecule has 0 aromatic heterocycles. The van der Waals surface area contributed by atoms with Gasteiger partial charge in [0.15, 0.2) is 0 Å². The van der Waals surface area contributed by atoms with E-state index in [9.17, 15) is 18.0 Å². The van der Waals surface area contributed by atoms with Gasteiger partial charge in [-0.1, -0.05) is 13.0 Å². The summed E-state index contributed by atoms with van der Waals surface area (Å²) < 4.78 is 37.8. The molecule has 0 radical (unpaired) electrons. The number of halogens is 3. The zero-order valence-corrected chi connectivity index (χ0v) is 11.2. The normalized spacial score (nSPS) is 19.8. The fourth-order valence-electron chi connectivity index (χ4n) is 2.35. The molecule has 6 heteroatoms. The monoisotopic (exact) mass is 286 g/mol. The number of nitrogens with zero attached hydrogens (tertiary/aromatic N) is 1. The zero-order valence-electron chi connectivity index (χ0n) is 11.2. The maximum Gasteiger partial charge on any atom is 0.416 e. The number of alkyl halides is 3. The maximum absolute atomic E-state index is 12.6. The molecule has 0 bridgehead atoms. The molecule has 1 fully saturated rings. The summed E-state index contributed by atoms with van der Waals surface area (Å²) in [6.45, 7) is 3.35. The lowest BCUT2D eigenvalue weighted by atomic mass is 10.0. The molecule has 0 spiro atoms. The van der Waals surface area contributed by atoms with Crippen molar-refractivity contribution < 1.29 is 18.0 Å². The van der Waals surface area contributed by atoms with Crippen molar-refractivity contribution in [3.8, 4) is 0 Å². The molecule has 2 amide bonds. The van der Waals surface area contributed by atoms with Crippen LogP contribution in [0.4, 0.5) is 23.7 Å². The van der Waals surface area contributed by atoms with Crippen LogP contribution in [0.1, 0.15) is 25.3 Å². The van der Waals surface area contributed by atoms with Crippen LogP contribution in [0.2, 0.25) is 0 Å². The van der Waals surface area contributed by atoms with Crippen LogP contribution in [0.3, 0.4) is 0 Å². The Morgan fingerprint density at radius 1 is 1.40 bits per heavy atom. The van der Waals surface area contributed by atoms with Crippen molar-refractivity contribution in [1.82, 2.24) is 4.90 Å². The zero-order chi connectivity index (χ0) is 14.8. The first-order valence-corrected chi connectivity index (χ1v) is 6.59. The van der Waals surface area contributed by atoms with Crippen LogP contribution in [-0.2, 0) is 6.18 Å². The van der Waals surface area contributed by atoms with Crippen LogP contribution in [0.15, 0.2) is 24.3 Å². The summed E-state index contributed by atoms with van der Waals surface area (Å²) in [5.74, 6) is 0.427. The Hall–Kier alpha value is -1.72. The number of anilines is 1. The number of benzene rings is 1. The molecule has 0 unspecified atom stereocenters. The van der Waals surface area contributed by atoms with Crippen molar-refractivity contribution in [1.29, 1.82) is 0 Å². The van der Waals surface area contributed by atoms with Crippen molar-refractivity contribution >= 4 is 11.7 Å². The fraction of sp³-hybridized carbons (Fsp3) is 0.500. The number of carbonyl (C=O) groups is 1. The number of rotatable bonds is 1. The van der Waals surface area contributed by atoms with Gasteiger partial charge in [0.2, 0.25) is 0 Å². The second-order valence-corrected chi connectivity index (χ2v) is 5.20. The molecule has 1 aromatic rings. The van der Waals surface area contributed by atoms with E-state index in [1.165, 1.54) is 12.1 Å². The Bertz CT molecular complexity index is 488. The average molecular weight is 286 g/mol. The third-order valence-corrected chi connectivity index (χ3v) is 3.39. The summed E-state index contributed by atoms with van der Waals surface area (Å²) in [7, 11) is 0. The molecule has 3 nitrogen and oxygen atoms in total. The van der Waals surface area contributed by atoms with Crippen LogP contribution in [-0.4, -0.2) is 24.0 Å². The van der Waals surface area contributed by atoms with Crippen LogP contribution in [0.5, 0.6) is 0 Å². The third kappa shape index (κ3) is 3.65. The number of urea groups is 1. The highest BCUT2D eigenvalue weighted by molar-refractivity contribution is 5.89. The molecule has 0 saturated carbocycles. The second-order valence-electron chi connectivity index (χ2n) is 5.20. The highest BCUT2D eigenvalue weighted by atomic mass is 19.4. The first-order valence-electron chi connectivity index (χ1n) is 6.59. The van der Waals surface area contributed by atoms with Crippen molar-refractivity contribution in [3.05, 3.63) is 29.8 Å². The molecular formula is C14H17F3N2O. The summed E-state index contributed by atoms with van der Waals surface area (Å²) >= 11 is 0. The van der Waals surface area contributed by atoms with E-state index in [4.69, 9.17) is 0 Å². The van der Waals surface area contributed by atoms with Gasteiger partial charge >= 0.3 is 12.2 Å². The fourth-order valence-corrected chi connectivity index (χ4v) is 2.35. The second kappa shape index (κ2) is 5.73. The van der Waals surface area contributed by atoms with Gasteiger partial charge in [-0.25, -0.2) is 4.79 Å². The Kier molecular flexibility index (Phi) is 4.20. The Balaban J connectivity index is 2.04. The SMILES string of the molecule is C[C@@H]1CCCN(C(=O)Nc2cccc(C(F)(F)F)c2)C1. The molecule has 110 valence electrons. The first kappa shape index (κ1) is 14.7. The molecule has 1 saturated heterocycles. The quantitative estimate of drug-likeness (QED) is 0.832. The van der Waals surface area contributed by atoms with Crippen molar-refractivity contribution in [2.75, 3.05) is 18.4 Å². The number of hydrogen-bond donors (Lipinski definition) is 1. The van der Waals surface area contributed by atoms with E-state index in [1.54, 1.807) is 4.90 Å². The van der Waals surface area contributed by atoms with Gasteiger partial charge in [0.25, 0.3) is 0 Å². The number of nitrogens with one attached hydrogen (secondary N) is 1. The maximum atomic E-state index is 12.6. The van der Waals surface area contributed by atoms with Crippen molar-refractivity contribution in [3.63, 3.8) is 0 Å². The summed E-state index contributed by atoms with van der Waals surface area (Å²) in [6.07, 6.45) is -2.40. The summed E-state index contributed by atoms with van der Waals surface area (Å²) in [5, 5.41) is 2.53. The molecule has 2 rings (SSSR count). The van der Waals surface area contributed by atoms with E-state index in [0.717, 1.165) is 25.0 Å². The summed E-state index contributed by atoms with van der Waals surface area (Å²) in [5.41, 5.74) is -0.592. The largest absolute Gasteiger partial charge is 0.416 e. The molecule has 1 aliphatic heterocycles. The van der Waals surface area contributed by atoms with E-state index in [1.807, 2.05) is 0 Å². The Morgan fingerprint density at radius 3 is 2.80 bits per heavy atom. The van der Waals surface area contributed by atoms with Gasteiger partial charge in [0.1, 0.15) is 0 Å². The number of hydrogen-bond acceptors (Lipinski definition) is 1. The van der Waals surface area contributed by atoms with Gasteiger partial charge in [0, 0.05) is 18.8 Å². The van der Waals surface area contributed by atoms with E-state index in [2.05, 4.69) is 12.2 Å². The molecule has 1 atom stereocenters. The lowest BCUT2D eigenvalue weighted by Crippen LogP contribution is -2.41. The van der Waals surface area contributed by atoms with Gasteiger partial charge in [0.05, 0.1) is 5.56 Å². The van der Waals surface area contributed by atoms with Crippen LogP contribution in [0.25, 0.3) is 0 Å². The number of amides is 2. The minimum Gasteiger partial charge on any atom is -0.324 e. The minimum absolute atomic E-state index is 0.169.